The molecule has 0 heterocycles. The summed E-state index contributed by atoms with van der Waals surface area (Å²) in [5.74, 6) is -0.109. The van der Waals surface area contributed by atoms with Gasteiger partial charge in [-0.2, -0.15) is 11.8 Å². The van der Waals surface area contributed by atoms with Crippen LogP contribution in [0.25, 0.3) is 0 Å². The minimum atomic E-state index is -1.02. The highest BCUT2D eigenvalue weighted by Crippen LogP contribution is 2.23. The Hall–Kier alpha value is -0.510. The van der Waals surface area contributed by atoms with Gasteiger partial charge in [0, 0.05) is 5.25 Å². The summed E-state index contributed by atoms with van der Waals surface area (Å²) in [5.41, 5.74) is -1.02. The molecule has 4 heteroatoms. The van der Waals surface area contributed by atoms with Gasteiger partial charge in [-0.15, -0.1) is 0 Å². The second kappa shape index (κ2) is 6.94. The van der Waals surface area contributed by atoms with Gasteiger partial charge in [0.1, 0.15) is 5.41 Å². The Balaban J connectivity index is 4.29. The van der Waals surface area contributed by atoms with E-state index in [1.54, 1.807) is 32.5 Å². The molecule has 0 N–H and O–H groups in total. The first kappa shape index (κ1) is 15.5. The van der Waals surface area contributed by atoms with Crippen LogP contribution < -0.4 is 0 Å². The van der Waals surface area contributed by atoms with Gasteiger partial charge in [-0.05, 0) is 27.2 Å². The van der Waals surface area contributed by atoms with Crippen LogP contribution in [0.2, 0.25) is 0 Å². The molecule has 1 unspecified atom stereocenters. The van der Waals surface area contributed by atoms with Crippen LogP contribution in [0.5, 0.6) is 0 Å². The first-order valence-corrected chi connectivity index (χ1v) is 6.73. The van der Waals surface area contributed by atoms with E-state index < -0.39 is 11.4 Å². The third-order valence-corrected chi connectivity index (χ3v) is 3.89. The van der Waals surface area contributed by atoms with Crippen molar-refractivity contribution in [2.24, 2.45) is 5.41 Å². The molecule has 0 aromatic rings. The number of Topliss-reactive ketones (excluding diaryl/α,β-unsaturated/α-hetero) is 1. The zero-order valence-corrected chi connectivity index (χ0v) is 11.6. The van der Waals surface area contributed by atoms with Crippen LogP contribution in [-0.4, -0.2) is 29.4 Å². The number of rotatable bonds is 7. The molecular weight excluding hydrogens is 224 g/mol. The van der Waals surface area contributed by atoms with Gasteiger partial charge in [0.15, 0.2) is 5.78 Å². The maximum Gasteiger partial charge on any atom is 0.319 e. The summed E-state index contributed by atoms with van der Waals surface area (Å²) in [6.07, 6.45) is 1.03. The van der Waals surface area contributed by atoms with E-state index in [0.717, 1.165) is 6.42 Å². The summed E-state index contributed by atoms with van der Waals surface area (Å²) in [6.45, 7) is 9.48. The Morgan fingerprint density at radius 2 is 1.88 bits per heavy atom. The number of thioether (sulfide) groups is 1. The molecule has 0 aliphatic rings. The zero-order chi connectivity index (χ0) is 12.8. The van der Waals surface area contributed by atoms with Crippen LogP contribution in [0, 0.1) is 5.41 Å². The van der Waals surface area contributed by atoms with Crippen molar-refractivity contribution >= 4 is 23.5 Å². The fourth-order valence-electron chi connectivity index (χ4n) is 0.942. The van der Waals surface area contributed by atoms with E-state index in [0.29, 0.717) is 17.6 Å². The van der Waals surface area contributed by atoms with E-state index in [9.17, 15) is 9.59 Å². The molecule has 0 fully saturated rings. The van der Waals surface area contributed by atoms with Crippen molar-refractivity contribution in [1.82, 2.24) is 0 Å². The standard InChI is InChI=1S/C12H22O3S/c1-6-9(3)16-8-10(13)12(4,5)11(14)15-7-2/h9H,6-8H2,1-5H3. The Kier molecular flexibility index (Phi) is 6.72. The number of ketones is 1. The first-order chi connectivity index (χ1) is 7.36. The van der Waals surface area contributed by atoms with Crippen molar-refractivity contribution in [3.63, 3.8) is 0 Å². The quantitative estimate of drug-likeness (QED) is 0.511. The second-order valence-electron chi connectivity index (χ2n) is 4.30. The lowest BCUT2D eigenvalue weighted by Crippen LogP contribution is -2.36. The average Bonchev–Trinajstić information content (AvgIpc) is 2.25. The summed E-state index contributed by atoms with van der Waals surface area (Å²) in [6, 6.07) is 0. The molecule has 0 rings (SSSR count). The summed E-state index contributed by atoms with van der Waals surface area (Å²) < 4.78 is 4.89. The lowest BCUT2D eigenvalue weighted by atomic mass is 9.89. The molecule has 0 bridgehead atoms. The summed E-state index contributed by atoms with van der Waals surface area (Å²) >= 11 is 1.59. The number of carbonyl (C=O) groups excluding carboxylic acids is 2. The lowest BCUT2D eigenvalue weighted by molar-refractivity contribution is -0.157. The normalized spacial score (nSPS) is 13.3. The molecule has 1 atom stereocenters. The number of carbonyl (C=O) groups is 2. The van der Waals surface area contributed by atoms with Crippen LogP contribution in [0.15, 0.2) is 0 Å². The highest BCUT2D eigenvalue weighted by Gasteiger charge is 2.36. The summed E-state index contributed by atoms with van der Waals surface area (Å²) in [7, 11) is 0. The minimum Gasteiger partial charge on any atom is -0.465 e. The molecule has 0 saturated carbocycles. The molecule has 0 aliphatic carbocycles. The number of ether oxygens (including phenoxy) is 1. The van der Waals surface area contributed by atoms with Crippen LogP contribution in [0.3, 0.4) is 0 Å². The molecule has 3 nitrogen and oxygen atoms in total. The second-order valence-corrected chi connectivity index (χ2v) is 5.73. The van der Waals surface area contributed by atoms with Crippen LogP contribution >= 0.6 is 11.8 Å². The summed E-state index contributed by atoms with van der Waals surface area (Å²) in [5, 5.41) is 0.446. The SMILES string of the molecule is CCOC(=O)C(C)(C)C(=O)CSC(C)CC. The van der Waals surface area contributed by atoms with Crippen molar-refractivity contribution in [3.05, 3.63) is 0 Å². The Bertz CT molecular complexity index is 249. The van der Waals surface area contributed by atoms with Gasteiger partial charge in [-0.3, -0.25) is 9.59 Å². The number of esters is 1. The maximum absolute atomic E-state index is 11.9. The molecule has 0 saturated heterocycles. The van der Waals surface area contributed by atoms with E-state index in [1.807, 2.05) is 0 Å². The molecule has 0 aromatic heterocycles. The molecule has 0 spiro atoms. The molecular formula is C12H22O3S. The largest absolute Gasteiger partial charge is 0.465 e. The van der Waals surface area contributed by atoms with Crippen LogP contribution in [0.1, 0.15) is 41.0 Å². The maximum atomic E-state index is 11.9. The molecule has 0 radical (unpaired) electrons. The van der Waals surface area contributed by atoms with E-state index >= 15 is 0 Å². The zero-order valence-electron chi connectivity index (χ0n) is 10.8. The van der Waals surface area contributed by atoms with Crippen LogP contribution in [-0.2, 0) is 14.3 Å². The van der Waals surface area contributed by atoms with Gasteiger partial charge in [0.2, 0.25) is 0 Å². The van der Waals surface area contributed by atoms with Crippen molar-refractivity contribution in [3.8, 4) is 0 Å². The first-order valence-electron chi connectivity index (χ1n) is 5.68. The Morgan fingerprint density at radius 1 is 1.31 bits per heavy atom. The molecule has 0 aromatic carbocycles. The van der Waals surface area contributed by atoms with Gasteiger partial charge in [-0.1, -0.05) is 13.8 Å². The van der Waals surface area contributed by atoms with Crippen molar-refractivity contribution in [2.45, 2.75) is 46.3 Å². The van der Waals surface area contributed by atoms with Gasteiger partial charge >= 0.3 is 5.97 Å². The van der Waals surface area contributed by atoms with Crippen LogP contribution in [0.4, 0.5) is 0 Å². The van der Waals surface area contributed by atoms with Crippen molar-refractivity contribution in [1.29, 1.82) is 0 Å². The van der Waals surface area contributed by atoms with E-state index in [4.69, 9.17) is 4.74 Å². The van der Waals surface area contributed by atoms with Gasteiger partial charge in [0.05, 0.1) is 12.4 Å². The van der Waals surface area contributed by atoms with Gasteiger partial charge in [-0.25, -0.2) is 0 Å². The topological polar surface area (TPSA) is 43.4 Å². The Morgan fingerprint density at radius 3 is 2.31 bits per heavy atom. The Labute approximate surface area is 102 Å². The summed E-state index contributed by atoms with van der Waals surface area (Å²) in [4.78, 5) is 23.4. The van der Waals surface area contributed by atoms with Gasteiger partial charge < -0.3 is 4.74 Å². The lowest BCUT2D eigenvalue weighted by Gasteiger charge is -2.21. The predicted octanol–water partition coefficient (Wildman–Crippen LogP) is 2.68. The minimum absolute atomic E-state index is 0.0590. The van der Waals surface area contributed by atoms with E-state index in [1.165, 1.54) is 0 Å². The highest BCUT2D eigenvalue weighted by molar-refractivity contribution is 8.00. The predicted molar refractivity (Wildman–Crippen MR) is 67.6 cm³/mol. The molecule has 94 valence electrons. The molecule has 16 heavy (non-hydrogen) atoms. The van der Waals surface area contributed by atoms with Gasteiger partial charge in [0.25, 0.3) is 0 Å². The smallest absolute Gasteiger partial charge is 0.319 e. The number of hydrogen-bond donors (Lipinski definition) is 0. The van der Waals surface area contributed by atoms with Crippen molar-refractivity contribution in [2.75, 3.05) is 12.4 Å². The van der Waals surface area contributed by atoms with E-state index in [2.05, 4.69) is 13.8 Å². The molecule has 0 amide bonds. The third-order valence-electron chi connectivity index (χ3n) is 2.56. The van der Waals surface area contributed by atoms with E-state index in [-0.39, 0.29) is 5.78 Å². The molecule has 0 aliphatic heterocycles. The third kappa shape index (κ3) is 4.56. The average molecular weight is 246 g/mol. The fraction of sp³-hybridized carbons (Fsp3) is 0.833. The number of hydrogen-bond acceptors (Lipinski definition) is 4. The fourth-order valence-corrected chi connectivity index (χ4v) is 1.97. The monoisotopic (exact) mass is 246 g/mol. The highest BCUT2D eigenvalue weighted by atomic mass is 32.2. The van der Waals surface area contributed by atoms with Crippen molar-refractivity contribution < 1.29 is 14.3 Å².